The minimum atomic E-state index is -0.693. The molecular weight excluding hydrogens is 164 g/mol. The Balaban J connectivity index is 3.65. The highest BCUT2D eigenvalue weighted by Gasteiger charge is 2.08. The lowest BCUT2D eigenvalue weighted by Gasteiger charge is -2.03. The van der Waals surface area contributed by atoms with Gasteiger partial charge in [-0.15, -0.1) is 0 Å². The third kappa shape index (κ3) is 6.38. The standard InChI is InChI=1S/C11H20O2/c1-4-6-9(2)7-5-8-10(3)11(12)13/h7,10H,4-6,8H2,1-3H3,(H,12,13). The molecule has 0 amide bonds. The van der Waals surface area contributed by atoms with Crippen LogP contribution in [-0.2, 0) is 4.79 Å². The zero-order valence-corrected chi connectivity index (χ0v) is 8.84. The second-order valence-corrected chi connectivity index (χ2v) is 3.62. The molecule has 1 N–H and O–H groups in total. The molecule has 1 unspecified atom stereocenters. The van der Waals surface area contributed by atoms with Gasteiger partial charge in [0, 0.05) is 0 Å². The monoisotopic (exact) mass is 184 g/mol. The van der Waals surface area contributed by atoms with E-state index in [1.807, 2.05) is 0 Å². The molecule has 0 aliphatic rings. The van der Waals surface area contributed by atoms with Crippen molar-refractivity contribution >= 4 is 5.97 Å². The molecule has 0 heterocycles. The number of hydrogen-bond acceptors (Lipinski definition) is 1. The molecule has 13 heavy (non-hydrogen) atoms. The fourth-order valence-electron chi connectivity index (χ4n) is 1.20. The van der Waals surface area contributed by atoms with Gasteiger partial charge in [-0.2, -0.15) is 0 Å². The Bertz CT molecular complexity index is 183. The van der Waals surface area contributed by atoms with Crippen molar-refractivity contribution < 1.29 is 9.90 Å². The molecule has 0 rings (SSSR count). The zero-order valence-electron chi connectivity index (χ0n) is 8.84. The van der Waals surface area contributed by atoms with Gasteiger partial charge in [0.05, 0.1) is 5.92 Å². The summed E-state index contributed by atoms with van der Waals surface area (Å²) in [6.07, 6.45) is 6.08. The second-order valence-electron chi connectivity index (χ2n) is 3.62. The smallest absolute Gasteiger partial charge is 0.306 e. The quantitative estimate of drug-likeness (QED) is 0.643. The lowest BCUT2D eigenvalue weighted by Crippen LogP contribution is -2.08. The number of rotatable bonds is 6. The summed E-state index contributed by atoms with van der Waals surface area (Å²) in [5, 5.41) is 8.63. The first-order valence-electron chi connectivity index (χ1n) is 4.96. The SMILES string of the molecule is CCCC(C)=CCCC(C)C(=O)O. The van der Waals surface area contributed by atoms with Crippen LogP contribution >= 0.6 is 0 Å². The number of carboxylic acids is 1. The predicted molar refractivity (Wildman–Crippen MR) is 54.7 cm³/mol. The predicted octanol–water partition coefficient (Wildman–Crippen LogP) is 3.23. The van der Waals surface area contributed by atoms with Crippen LogP contribution in [0.1, 0.15) is 46.5 Å². The molecule has 0 aliphatic heterocycles. The maximum Gasteiger partial charge on any atom is 0.306 e. The highest BCUT2D eigenvalue weighted by atomic mass is 16.4. The van der Waals surface area contributed by atoms with Crippen LogP contribution in [0.3, 0.4) is 0 Å². The Kier molecular flexibility index (Phi) is 6.29. The largest absolute Gasteiger partial charge is 0.481 e. The Morgan fingerprint density at radius 1 is 1.54 bits per heavy atom. The molecule has 0 saturated carbocycles. The van der Waals surface area contributed by atoms with Gasteiger partial charge in [-0.25, -0.2) is 0 Å². The van der Waals surface area contributed by atoms with Gasteiger partial charge in [0.2, 0.25) is 0 Å². The summed E-state index contributed by atoms with van der Waals surface area (Å²) in [5.74, 6) is -0.910. The van der Waals surface area contributed by atoms with Crippen molar-refractivity contribution in [3.63, 3.8) is 0 Å². The van der Waals surface area contributed by atoms with Crippen LogP contribution in [0, 0.1) is 5.92 Å². The normalized spacial score (nSPS) is 14.2. The van der Waals surface area contributed by atoms with Crippen molar-refractivity contribution in [2.45, 2.75) is 46.5 Å². The highest BCUT2D eigenvalue weighted by Crippen LogP contribution is 2.10. The lowest BCUT2D eigenvalue weighted by atomic mass is 10.0. The molecule has 1 atom stereocenters. The van der Waals surface area contributed by atoms with E-state index in [1.54, 1.807) is 6.92 Å². The average Bonchev–Trinajstić information content (AvgIpc) is 2.04. The van der Waals surface area contributed by atoms with E-state index in [9.17, 15) is 4.79 Å². The van der Waals surface area contributed by atoms with E-state index in [4.69, 9.17) is 5.11 Å². The summed E-state index contributed by atoms with van der Waals surface area (Å²) >= 11 is 0. The van der Waals surface area contributed by atoms with E-state index >= 15 is 0 Å². The van der Waals surface area contributed by atoms with Gasteiger partial charge in [0.1, 0.15) is 0 Å². The topological polar surface area (TPSA) is 37.3 Å². The molecule has 0 saturated heterocycles. The van der Waals surface area contributed by atoms with Crippen molar-refractivity contribution in [1.29, 1.82) is 0 Å². The first-order chi connectivity index (χ1) is 6.07. The summed E-state index contributed by atoms with van der Waals surface area (Å²) in [4.78, 5) is 10.5. The molecule has 0 radical (unpaired) electrons. The average molecular weight is 184 g/mol. The molecule has 0 aromatic rings. The van der Waals surface area contributed by atoms with Gasteiger partial charge >= 0.3 is 5.97 Å². The fourth-order valence-corrected chi connectivity index (χ4v) is 1.20. The van der Waals surface area contributed by atoms with Gasteiger partial charge in [-0.3, -0.25) is 4.79 Å². The molecule has 0 aliphatic carbocycles. The van der Waals surface area contributed by atoms with Crippen LogP contribution in [0.5, 0.6) is 0 Å². The van der Waals surface area contributed by atoms with Crippen molar-refractivity contribution in [2.75, 3.05) is 0 Å². The molecule has 2 heteroatoms. The van der Waals surface area contributed by atoms with E-state index in [0.29, 0.717) is 0 Å². The number of hydrogen-bond donors (Lipinski definition) is 1. The Morgan fingerprint density at radius 2 is 2.15 bits per heavy atom. The Morgan fingerprint density at radius 3 is 2.62 bits per heavy atom. The van der Waals surface area contributed by atoms with E-state index in [0.717, 1.165) is 25.7 Å². The van der Waals surface area contributed by atoms with Crippen LogP contribution < -0.4 is 0 Å². The van der Waals surface area contributed by atoms with Crippen molar-refractivity contribution in [3.8, 4) is 0 Å². The van der Waals surface area contributed by atoms with Crippen LogP contribution in [0.2, 0.25) is 0 Å². The number of allylic oxidation sites excluding steroid dienone is 2. The summed E-state index contributed by atoms with van der Waals surface area (Å²) in [7, 11) is 0. The maximum atomic E-state index is 10.5. The third-order valence-electron chi connectivity index (χ3n) is 2.16. The molecule has 0 spiro atoms. The fraction of sp³-hybridized carbons (Fsp3) is 0.727. The number of carboxylic acid groups (broad SMARTS) is 1. The van der Waals surface area contributed by atoms with Gasteiger partial charge in [-0.1, -0.05) is 31.9 Å². The number of aliphatic carboxylic acids is 1. The van der Waals surface area contributed by atoms with Crippen LogP contribution in [0.15, 0.2) is 11.6 Å². The molecule has 0 fully saturated rings. The molecule has 0 aromatic carbocycles. The summed E-state index contributed by atoms with van der Waals surface area (Å²) in [5.41, 5.74) is 1.38. The molecule has 0 aromatic heterocycles. The molecule has 76 valence electrons. The van der Waals surface area contributed by atoms with Crippen molar-refractivity contribution in [3.05, 3.63) is 11.6 Å². The van der Waals surface area contributed by atoms with E-state index < -0.39 is 5.97 Å². The highest BCUT2D eigenvalue weighted by molar-refractivity contribution is 5.69. The van der Waals surface area contributed by atoms with Crippen molar-refractivity contribution in [2.24, 2.45) is 5.92 Å². The minimum absolute atomic E-state index is 0.217. The van der Waals surface area contributed by atoms with Gasteiger partial charge < -0.3 is 5.11 Å². The van der Waals surface area contributed by atoms with Gasteiger partial charge in [-0.05, 0) is 26.2 Å². The van der Waals surface area contributed by atoms with Crippen LogP contribution in [0.4, 0.5) is 0 Å². The second kappa shape index (κ2) is 6.70. The minimum Gasteiger partial charge on any atom is -0.481 e. The first-order valence-corrected chi connectivity index (χ1v) is 4.96. The maximum absolute atomic E-state index is 10.5. The van der Waals surface area contributed by atoms with Crippen LogP contribution in [0.25, 0.3) is 0 Å². The van der Waals surface area contributed by atoms with E-state index in [2.05, 4.69) is 19.9 Å². The summed E-state index contributed by atoms with van der Waals surface area (Å²) in [6.45, 7) is 6.01. The van der Waals surface area contributed by atoms with Gasteiger partial charge in [0.25, 0.3) is 0 Å². The van der Waals surface area contributed by atoms with Gasteiger partial charge in [0.15, 0.2) is 0 Å². The molecule has 0 bridgehead atoms. The zero-order chi connectivity index (χ0) is 10.3. The Labute approximate surface area is 80.7 Å². The molecular formula is C11H20O2. The van der Waals surface area contributed by atoms with E-state index in [1.165, 1.54) is 5.57 Å². The number of carbonyl (C=O) groups is 1. The van der Waals surface area contributed by atoms with E-state index in [-0.39, 0.29) is 5.92 Å². The third-order valence-corrected chi connectivity index (χ3v) is 2.16. The molecule has 2 nitrogen and oxygen atoms in total. The lowest BCUT2D eigenvalue weighted by molar-refractivity contribution is -0.141. The Hall–Kier alpha value is -0.790. The summed E-state index contributed by atoms with van der Waals surface area (Å²) in [6, 6.07) is 0. The van der Waals surface area contributed by atoms with Crippen molar-refractivity contribution in [1.82, 2.24) is 0 Å². The summed E-state index contributed by atoms with van der Waals surface area (Å²) < 4.78 is 0. The van der Waals surface area contributed by atoms with Crippen LogP contribution in [-0.4, -0.2) is 11.1 Å². The first kappa shape index (κ1) is 12.2.